The number of nitrogens with two attached hydrogens (primary N) is 1. The molecule has 0 bridgehead atoms. The second kappa shape index (κ2) is 4.99. The van der Waals surface area contributed by atoms with Gasteiger partial charge in [0.15, 0.2) is 0 Å². The number of carboxylic acid groups (broad SMARTS) is 1. The molecule has 0 aliphatic carbocycles. The van der Waals surface area contributed by atoms with E-state index in [2.05, 4.69) is 17.9 Å². The number of hydrogen-bond acceptors (Lipinski definition) is 4. The minimum absolute atomic E-state index is 0.236. The average molecular weight is 162 g/mol. The highest BCUT2D eigenvalue weighted by molar-refractivity contribution is 7.80. The van der Waals surface area contributed by atoms with Crippen molar-refractivity contribution in [1.82, 2.24) is 5.32 Å². The van der Waals surface area contributed by atoms with Crippen molar-refractivity contribution in [2.24, 2.45) is 5.73 Å². The molecule has 0 saturated carbocycles. The Morgan fingerprint density at radius 2 is 2.50 bits per heavy atom. The molecule has 4 N–H and O–H groups in total. The van der Waals surface area contributed by atoms with Gasteiger partial charge in [0.2, 0.25) is 0 Å². The summed E-state index contributed by atoms with van der Waals surface area (Å²) in [5.41, 5.74) is 4.97. The fraction of sp³-hybridized carbons (Fsp3) is 0.400. The first-order valence-corrected chi connectivity index (χ1v) is 3.32. The lowest BCUT2D eigenvalue weighted by Crippen LogP contribution is -2.34. The maximum Gasteiger partial charge on any atom is 0.326 e. The summed E-state index contributed by atoms with van der Waals surface area (Å²) in [7, 11) is 0. The number of nitrogens with one attached hydrogen (secondary N) is 1. The minimum atomic E-state index is -0.937. The first-order valence-electron chi connectivity index (χ1n) is 2.68. The molecular formula is C5H10N2O2S. The van der Waals surface area contributed by atoms with Crippen molar-refractivity contribution in [2.45, 2.75) is 6.04 Å². The zero-order valence-electron chi connectivity index (χ0n) is 5.32. The van der Waals surface area contributed by atoms with Crippen molar-refractivity contribution in [3.8, 4) is 0 Å². The Bertz CT molecular complexity index is 138. The van der Waals surface area contributed by atoms with Gasteiger partial charge >= 0.3 is 5.97 Å². The third kappa shape index (κ3) is 3.24. The molecule has 0 aromatic heterocycles. The minimum Gasteiger partial charge on any atom is -0.480 e. The van der Waals surface area contributed by atoms with E-state index in [1.54, 1.807) is 0 Å². The second-order valence-corrected chi connectivity index (χ2v) is 1.96. The largest absolute Gasteiger partial charge is 0.480 e. The Kier molecular flexibility index (Phi) is 4.57. The average Bonchev–Trinajstić information content (AvgIpc) is 1.89. The zero-order valence-corrected chi connectivity index (χ0v) is 6.21. The number of aliphatic carboxylic acids is 1. The highest BCUT2D eigenvalue weighted by Crippen LogP contribution is 1.86. The summed E-state index contributed by atoms with van der Waals surface area (Å²) in [5, 5.41) is 11.0. The van der Waals surface area contributed by atoms with Crippen molar-refractivity contribution in [3.05, 3.63) is 12.4 Å². The third-order valence-electron chi connectivity index (χ3n) is 0.874. The lowest BCUT2D eigenvalue weighted by Gasteiger charge is -2.07. The lowest BCUT2D eigenvalue weighted by molar-refractivity contribution is -0.138. The summed E-state index contributed by atoms with van der Waals surface area (Å²) < 4.78 is 0. The summed E-state index contributed by atoms with van der Waals surface area (Å²) in [5.74, 6) is -0.701. The SMILES string of the molecule is N/C=C\N[C@H](CS)C(=O)O. The monoisotopic (exact) mass is 162 g/mol. The molecule has 0 heterocycles. The van der Waals surface area contributed by atoms with Gasteiger partial charge in [0.05, 0.1) is 0 Å². The van der Waals surface area contributed by atoms with Gasteiger partial charge in [-0.05, 0) is 0 Å². The smallest absolute Gasteiger partial charge is 0.326 e. The van der Waals surface area contributed by atoms with Crippen LogP contribution < -0.4 is 11.1 Å². The quantitative estimate of drug-likeness (QED) is 0.416. The van der Waals surface area contributed by atoms with Crippen molar-refractivity contribution < 1.29 is 9.90 Å². The van der Waals surface area contributed by atoms with Crippen LogP contribution in [0.4, 0.5) is 0 Å². The molecule has 4 nitrogen and oxygen atoms in total. The van der Waals surface area contributed by atoms with Crippen molar-refractivity contribution in [2.75, 3.05) is 5.75 Å². The molecule has 0 aromatic carbocycles. The molecule has 0 fully saturated rings. The lowest BCUT2D eigenvalue weighted by atomic mass is 10.3. The molecular weight excluding hydrogens is 152 g/mol. The van der Waals surface area contributed by atoms with Crippen molar-refractivity contribution >= 4 is 18.6 Å². The van der Waals surface area contributed by atoms with Gasteiger partial charge < -0.3 is 16.2 Å². The topological polar surface area (TPSA) is 75.3 Å². The number of carboxylic acids is 1. The van der Waals surface area contributed by atoms with Crippen molar-refractivity contribution in [3.63, 3.8) is 0 Å². The Morgan fingerprint density at radius 1 is 1.90 bits per heavy atom. The van der Waals surface area contributed by atoms with E-state index in [1.807, 2.05) is 0 Å². The molecule has 0 aliphatic rings. The van der Waals surface area contributed by atoms with E-state index < -0.39 is 12.0 Å². The predicted octanol–water partition coefficient (Wildman–Crippen LogP) is -0.611. The summed E-state index contributed by atoms with van der Waals surface area (Å²) in [4.78, 5) is 10.3. The van der Waals surface area contributed by atoms with E-state index in [9.17, 15) is 4.79 Å². The van der Waals surface area contributed by atoms with Crippen LogP contribution in [0.15, 0.2) is 12.4 Å². The Hall–Kier alpha value is -0.840. The van der Waals surface area contributed by atoms with Crippen LogP contribution in [0, 0.1) is 0 Å². The number of carbonyl (C=O) groups is 1. The van der Waals surface area contributed by atoms with Gasteiger partial charge in [0.25, 0.3) is 0 Å². The van der Waals surface area contributed by atoms with E-state index in [-0.39, 0.29) is 5.75 Å². The Morgan fingerprint density at radius 3 is 2.80 bits per heavy atom. The number of rotatable bonds is 4. The first-order chi connectivity index (χ1) is 4.72. The number of hydrogen-bond donors (Lipinski definition) is 4. The predicted molar refractivity (Wildman–Crippen MR) is 41.7 cm³/mol. The molecule has 0 aliphatic heterocycles. The van der Waals surface area contributed by atoms with Crippen LogP contribution in [0.1, 0.15) is 0 Å². The molecule has 0 radical (unpaired) electrons. The molecule has 0 spiro atoms. The van der Waals surface area contributed by atoms with Crippen LogP contribution in [0.25, 0.3) is 0 Å². The third-order valence-corrected chi connectivity index (χ3v) is 1.24. The standard InChI is InChI=1S/C5H10N2O2S/c6-1-2-7-4(3-10)5(8)9/h1-2,4,7,10H,3,6H2,(H,8,9)/b2-1-/t4-/m1/s1. The molecule has 1 atom stereocenters. The molecule has 58 valence electrons. The van der Waals surface area contributed by atoms with E-state index in [4.69, 9.17) is 10.8 Å². The summed E-state index contributed by atoms with van der Waals surface area (Å²) in [6.45, 7) is 0. The van der Waals surface area contributed by atoms with Crippen molar-refractivity contribution in [1.29, 1.82) is 0 Å². The Balaban J connectivity index is 3.71. The van der Waals surface area contributed by atoms with Gasteiger partial charge in [-0.2, -0.15) is 12.6 Å². The Labute approximate surface area is 64.5 Å². The van der Waals surface area contributed by atoms with Gasteiger partial charge in [-0.3, -0.25) is 0 Å². The highest BCUT2D eigenvalue weighted by atomic mass is 32.1. The number of thiol groups is 1. The van der Waals surface area contributed by atoms with Crippen LogP contribution in [-0.2, 0) is 4.79 Å². The summed E-state index contributed by atoms with van der Waals surface area (Å²) in [6, 6.07) is -0.664. The van der Waals surface area contributed by atoms with Gasteiger partial charge in [-0.15, -0.1) is 0 Å². The zero-order chi connectivity index (χ0) is 7.98. The molecule has 5 heteroatoms. The van der Waals surface area contributed by atoms with Crippen LogP contribution in [0.5, 0.6) is 0 Å². The highest BCUT2D eigenvalue weighted by Gasteiger charge is 2.11. The van der Waals surface area contributed by atoms with Crippen LogP contribution in [0.2, 0.25) is 0 Å². The van der Waals surface area contributed by atoms with Gasteiger partial charge in [-0.25, -0.2) is 4.79 Å². The second-order valence-electron chi connectivity index (χ2n) is 1.60. The maximum absolute atomic E-state index is 10.3. The van der Waals surface area contributed by atoms with E-state index in [0.717, 1.165) is 0 Å². The van der Waals surface area contributed by atoms with Gasteiger partial charge in [0, 0.05) is 18.2 Å². The fourth-order valence-corrected chi connectivity index (χ4v) is 0.635. The molecule has 0 rings (SSSR count). The van der Waals surface area contributed by atoms with E-state index in [1.165, 1.54) is 12.4 Å². The molecule has 0 saturated heterocycles. The van der Waals surface area contributed by atoms with Crippen LogP contribution in [0.3, 0.4) is 0 Å². The van der Waals surface area contributed by atoms with E-state index in [0.29, 0.717) is 0 Å². The van der Waals surface area contributed by atoms with Gasteiger partial charge in [0.1, 0.15) is 6.04 Å². The fourth-order valence-electron chi connectivity index (χ4n) is 0.374. The van der Waals surface area contributed by atoms with E-state index >= 15 is 0 Å². The summed E-state index contributed by atoms with van der Waals surface area (Å²) in [6.07, 6.45) is 2.61. The van der Waals surface area contributed by atoms with Crippen LogP contribution >= 0.6 is 12.6 Å². The molecule has 0 aromatic rings. The maximum atomic E-state index is 10.3. The summed E-state index contributed by atoms with van der Waals surface area (Å²) >= 11 is 3.81. The van der Waals surface area contributed by atoms with Gasteiger partial charge in [-0.1, -0.05) is 0 Å². The molecule has 10 heavy (non-hydrogen) atoms. The first kappa shape index (κ1) is 9.16. The van der Waals surface area contributed by atoms with Crippen LogP contribution in [-0.4, -0.2) is 22.9 Å². The molecule has 0 unspecified atom stereocenters. The normalized spacial score (nSPS) is 13.3. The molecule has 0 amide bonds.